The first-order valence-corrected chi connectivity index (χ1v) is 5.95. The van der Waals surface area contributed by atoms with Crippen molar-refractivity contribution in [3.05, 3.63) is 35.4 Å². The van der Waals surface area contributed by atoms with Crippen LogP contribution in [0.3, 0.4) is 0 Å². The summed E-state index contributed by atoms with van der Waals surface area (Å²) in [5.74, 6) is 0.908. The highest BCUT2D eigenvalue weighted by molar-refractivity contribution is 5.57. The Bertz CT molecular complexity index is 560. The van der Waals surface area contributed by atoms with Crippen molar-refractivity contribution in [1.82, 2.24) is 14.8 Å². The topological polar surface area (TPSA) is 56.7 Å². The first-order chi connectivity index (χ1) is 8.54. The second-order valence-electron chi connectivity index (χ2n) is 4.59. The second kappa shape index (κ2) is 4.86. The van der Waals surface area contributed by atoms with Crippen LogP contribution in [-0.2, 0) is 6.54 Å². The Morgan fingerprint density at radius 3 is 2.67 bits per heavy atom. The van der Waals surface area contributed by atoms with Crippen LogP contribution in [0.1, 0.15) is 31.3 Å². The molecule has 0 bridgehead atoms. The third kappa shape index (κ3) is 2.13. The molecule has 0 atom stereocenters. The van der Waals surface area contributed by atoms with E-state index in [2.05, 4.69) is 10.2 Å². The van der Waals surface area contributed by atoms with Crippen LogP contribution in [0.2, 0.25) is 0 Å². The van der Waals surface area contributed by atoms with Gasteiger partial charge in [0.05, 0.1) is 12.1 Å². The molecule has 1 aromatic heterocycles. The van der Waals surface area contributed by atoms with Crippen LogP contribution in [0.25, 0.3) is 11.4 Å². The molecule has 2 N–H and O–H groups in total. The summed E-state index contributed by atoms with van der Waals surface area (Å²) in [4.78, 5) is 0. The lowest BCUT2D eigenvalue weighted by molar-refractivity contribution is 0.569. The molecule has 0 aliphatic carbocycles. The number of aromatic nitrogens is 3. The highest BCUT2D eigenvalue weighted by Gasteiger charge is 2.18. The van der Waals surface area contributed by atoms with Crippen molar-refractivity contribution in [2.75, 3.05) is 0 Å². The molecule has 5 heteroatoms. The molecule has 0 fully saturated rings. The smallest absolute Gasteiger partial charge is 0.167 e. The van der Waals surface area contributed by atoms with E-state index in [0.717, 1.165) is 5.56 Å². The van der Waals surface area contributed by atoms with Crippen molar-refractivity contribution in [3.8, 4) is 11.4 Å². The van der Waals surface area contributed by atoms with Crippen molar-refractivity contribution in [2.24, 2.45) is 5.73 Å². The largest absolute Gasteiger partial charge is 0.324 e. The fraction of sp³-hybridized carbons (Fsp3) is 0.385. The standard InChI is InChI=1S/C13H17FN4/c1-8(2)18-12(7-15)16-17-13(18)10-6-9(3)4-5-11(10)14/h4-6,8H,7,15H2,1-3H3. The van der Waals surface area contributed by atoms with E-state index in [4.69, 9.17) is 5.73 Å². The predicted octanol–water partition coefficient (Wildman–Crippen LogP) is 2.43. The third-order valence-electron chi connectivity index (χ3n) is 2.83. The molecule has 0 saturated carbocycles. The average molecular weight is 248 g/mol. The predicted molar refractivity (Wildman–Crippen MR) is 68.4 cm³/mol. The first-order valence-electron chi connectivity index (χ1n) is 5.95. The van der Waals surface area contributed by atoms with Crippen molar-refractivity contribution in [1.29, 1.82) is 0 Å². The molecule has 0 radical (unpaired) electrons. The van der Waals surface area contributed by atoms with Gasteiger partial charge in [0.25, 0.3) is 0 Å². The van der Waals surface area contributed by atoms with Crippen molar-refractivity contribution < 1.29 is 4.39 Å². The monoisotopic (exact) mass is 248 g/mol. The van der Waals surface area contributed by atoms with Crippen LogP contribution in [0.5, 0.6) is 0 Å². The molecule has 1 heterocycles. The molecule has 0 spiro atoms. The van der Waals surface area contributed by atoms with E-state index in [1.807, 2.05) is 25.3 Å². The number of nitrogens with two attached hydrogens (primary N) is 1. The van der Waals surface area contributed by atoms with Gasteiger partial charge in [-0.1, -0.05) is 11.6 Å². The molecule has 0 aliphatic rings. The second-order valence-corrected chi connectivity index (χ2v) is 4.59. The molecule has 0 saturated heterocycles. The van der Waals surface area contributed by atoms with E-state index in [9.17, 15) is 4.39 Å². The van der Waals surface area contributed by atoms with Crippen molar-refractivity contribution >= 4 is 0 Å². The average Bonchev–Trinajstić information content (AvgIpc) is 2.75. The lowest BCUT2D eigenvalue weighted by atomic mass is 10.1. The fourth-order valence-electron chi connectivity index (χ4n) is 2.00. The van der Waals surface area contributed by atoms with E-state index < -0.39 is 0 Å². The quantitative estimate of drug-likeness (QED) is 0.907. The van der Waals surface area contributed by atoms with E-state index in [1.165, 1.54) is 6.07 Å². The van der Waals surface area contributed by atoms with Gasteiger partial charge in [0.15, 0.2) is 5.82 Å². The maximum absolute atomic E-state index is 13.9. The highest BCUT2D eigenvalue weighted by Crippen LogP contribution is 2.25. The van der Waals surface area contributed by atoms with E-state index in [-0.39, 0.29) is 11.9 Å². The summed E-state index contributed by atoms with van der Waals surface area (Å²) < 4.78 is 15.8. The number of nitrogens with zero attached hydrogens (tertiary/aromatic N) is 3. The van der Waals surface area contributed by atoms with Crippen molar-refractivity contribution in [3.63, 3.8) is 0 Å². The Labute approximate surface area is 106 Å². The van der Waals surface area contributed by atoms with Crippen LogP contribution in [0.15, 0.2) is 18.2 Å². The van der Waals surface area contributed by atoms with Crippen LogP contribution in [0, 0.1) is 12.7 Å². The number of aryl methyl sites for hydroxylation is 1. The molecule has 0 amide bonds. The van der Waals surface area contributed by atoms with Gasteiger partial charge in [-0.25, -0.2) is 4.39 Å². The maximum atomic E-state index is 13.9. The first kappa shape index (κ1) is 12.7. The Hall–Kier alpha value is -1.75. The molecule has 18 heavy (non-hydrogen) atoms. The zero-order valence-corrected chi connectivity index (χ0v) is 10.8. The van der Waals surface area contributed by atoms with E-state index in [1.54, 1.807) is 12.1 Å². The van der Waals surface area contributed by atoms with Gasteiger partial charge < -0.3 is 10.3 Å². The Kier molecular flexibility index (Phi) is 3.43. The number of benzene rings is 1. The molecule has 96 valence electrons. The molecular weight excluding hydrogens is 231 g/mol. The minimum Gasteiger partial charge on any atom is -0.324 e. The van der Waals surface area contributed by atoms with Crippen LogP contribution >= 0.6 is 0 Å². The minimum absolute atomic E-state index is 0.133. The van der Waals surface area contributed by atoms with Gasteiger partial charge in [-0.05, 0) is 32.9 Å². The fourth-order valence-corrected chi connectivity index (χ4v) is 2.00. The summed E-state index contributed by atoms with van der Waals surface area (Å²) in [6.45, 7) is 6.21. The lowest BCUT2D eigenvalue weighted by Crippen LogP contribution is -2.12. The van der Waals surface area contributed by atoms with Gasteiger partial charge in [0.1, 0.15) is 11.6 Å². The van der Waals surface area contributed by atoms with Crippen molar-refractivity contribution in [2.45, 2.75) is 33.4 Å². The molecular formula is C13H17FN4. The summed E-state index contributed by atoms with van der Waals surface area (Å²) >= 11 is 0. The molecule has 2 aromatic rings. The van der Waals surface area contributed by atoms with Crippen LogP contribution < -0.4 is 5.73 Å². The maximum Gasteiger partial charge on any atom is 0.167 e. The summed E-state index contributed by atoms with van der Waals surface area (Å²) in [5, 5.41) is 8.10. The zero-order chi connectivity index (χ0) is 13.3. The number of rotatable bonds is 3. The van der Waals surface area contributed by atoms with Gasteiger partial charge in [-0.15, -0.1) is 10.2 Å². The molecule has 0 aliphatic heterocycles. The molecule has 4 nitrogen and oxygen atoms in total. The Balaban J connectivity index is 2.63. The number of halogens is 1. The SMILES string of the molecule is Cc1ccc(F)c(-c2nnc(CN)n2C(C)C)c1. The highest BCUT2D eigenvalue weighted by atomic mass is 19.1. The van der Waals surface area contributed by atoms with Crippen LogP contribution in [-0.4, -0.2) is 14.8 Å². The van der Waals surface area contributed by atoms with Gasteiger partial charge in [0, 0.05) is 6.04 Å². The Morgan fingerprint density at radius 2 is 2.06 bits per heavy atom. The molecule has 0 unspecified atom stereocenters. The van der Waals surface area contributed by atoms with Gasteiger partial charge in [-0.3, -0.25) is 0 Å². The summed E-state index contributed by atoms with van der Waals surface area (Å²) in [7, 11) is 0. The minimum atomic E-state index is -0.293. The third-order valence-corrected chi connectivity index (χ3v) is 2.83. The van der Waals surface area contributed by atoms with Gasteiger partial charge in [-0.2, -0.15) is 0 Å². The number of hydrogen-bond donors (Lipinski definition) is 1. The Morgan fingerprint density at radius 1 is 1.33 bits per heavy atom. The summed E-state index contributed by atoms with van der Waals surface area (Å²) in [6, 6.07) is 5.09. The summed E-state index contributed by atoms with van der Waals surface area (Å²) in [5.41, 5.74) is 7.08. The molecule has 1 aromatic carbocycles. The normalized spacial score (nSPS) is 11.2. The molecule has 2 rings (SSSR count). The van der Waals surface area contributed by atoms with Crippen LogP contribution in [0.4, 0.5) is 4.39 Å². The lowest BCUT2D eigenvalue weighted by Gasteiger charge is -2.14. The zero-order valence-electron chi connectivity index (χ0n) is 10.8. The number of hydrogen-bond acceptors (Lipinski definition) is 3. The van der Waals surface area contributed by atoms with Gasteiger partial charge in [0.2, 0.25) is 0 Å². The van der Waals surface area contributed by atoms with E-state index >= 15 is 0 Å². The van der Waals surface area contributed by atoms with Gasteiger partial charge >= 0.3 is 0 Å². The summed E-state index contributed by atoms with van der Waals surface area (Å²) in [6.07, 6.45) is 0. The van der Waals surface area contributed by atoms with E-state index in [0.29, 0.717) is 23.8 Å².